The van der Waals surface area contributed by atoms with Gasteiger partial charge in [-0.05, 0) is 36.2 Å². The Bertz CT molecular complexity index is 706. The molecule has 2 unspecified atom stereocenters. The minimum Gasteiger partial charge on any atom is -0.488 e. The maximum Gasteiger partial charge on any atom is 0.133 e. The molecule has 0 radical (unpaired) electrons. The molecule has 0 spiro atoms. The number of hydrogen-bond acceptors (Lipinski definition) is 4. The minimum atomic E-state index is -1.28. The van der Waals surface area contributed by atoms with E-state index in [4.69, 9.17) is 21.4 Å². The molecule has 4 nitrogen and oxygen atoms in total. The van der Waals surface area contributed by atoms with Crippen molar-refractivity contribution in [3.63, 3.8) is 0 Å². The van der Waals surface area contributed by atoms with Gasteiger partial charge in [0.05, 0.1) is 6.61 Å². The van der Waals surface area contributed by atoms with Gasteiger partial charge >= 0.3 is 0 Å². The summed E-state index contributed by atoms with van der Waals surface area (Å²) in [5.74, 6) is 0.653. The van der Waals surface area contributed by atoms with Gasteiger partial charge < -0.3 is 20.3 Å². The number of benzene rings is 2. The molecule has 1 aliphatic heterocycles. The SMILES string of the molecule is CC(NCCO)C1(O)c2ccc(Cl)cc2COc2ccccc21. The van der Waals surface area contributed by atoms with Crippen LogP contribution in [0.4, 0.5) is 0 Å². The Kier molecular flexibility index (Phi) is 4.60. The van der Waals surface area contributed by atoms with E-state index in [9.17, 15) is 5.11 Å². The molecular weight excluding hydrogens is 314 g/mol. The van der Waals surface area contributed by atoms with E-state index in [1.54, 1.807) is 6.07 Å². The summed E-state index contributed by atoms with van der Waals surface area (Å²) in [5.41, 5.74) is 1.06. The van der Waals surface area contributed by atoms with Gasteiger partial charge in [0.25, 0.3) is 0 Å². The van der Waals surface area contributed by atoms with Crippen LogP contribution in [0.25, 0.3) is 0 Å². The van der Waals surface area contributed by atoms with Crippen LogP contribution in [0.3, 0.4) is 0 Å². The van der Waals surface area contributed by atoms with E-state index >= 15 is 0 Å². The average Bonchev–Trinajstić information content (AvgIpc) is 2.69. The topological polar surface area (TPSA) is 61.7 Å². The number of hydrogen-bond donors (Lipinski definition) is 3. The molecule has 122 valence electrons. The van der Waals surface area contributed by atoms with Crippen molar-refractivity contribution in [1.82, 2.24) is 5.32 Å². The van der Waals surface area contributed by atoms with Crippen molar-refractivity contribution in [2.45, 2.75) is 25.2 Å². The molecule has 2 aromatic rings. The second-order valence-electron chi connectivity index (χ2n) is 5.75. The van der Waals surface area contributed by atoms with Crippen LogP contribution in [-0.2, 0) is 12.2 Å². The van der Waals surface area contributed by atoms with Crippen LogP contribution in [0.1, 0.15) is 23.6 Å². The molecule has 2 atom stereocenters. The summed E-state index contributed by atoms with van der Waals surface area (Å²) >= 11 is 6.11. The fourth-order valence-electron chi connectivity index (χ4n) is 3.16. The molecule has 1 heterocycles. The van der Waals surface area contributed by atoms with Gasteiger partial charge in [0.2, 0.25) is 0 Å². The molecule has 5 heteroatoms. The highest BCUT2D eigenvalue weighted by atomic mass is 35.5. The first-order valence-corrected chi connectivity index (χ1v) is 8.03. The first-order chi connectivity index (χ1) is 11.1. The molecule has 0 saturated carbocycles. The van der Waals surface area contributed by atoms with Crippen LogP contribution < -0.4 is 10.1 Å². The maximum atomic E-state index is 11.7. The Balaban J connectivity index is 2.19. The highest BCUT2D eigenvalue weighted by Crippen LogP contribution is 2.43. The van der Waals surface area contributed by atoms with Crippen LogP contribution in [-0.4, -0.2) is 29.4 Å². The Hall–Kier alpha value is -1.59. The maximum absolute atomic E-state index is 11.7. The number of nitrogens with one attached hydrogen (secondary N) is 1. The molecule has 3 rings (SSSR count). The van der Waals surface area contributed by atoms with Crippen LogP contribution in [0.5, 0.6) is 5.75 Å². The number of aliphatic hydroxyl groups is 2. The number of rotatable bonds is 4. The predicted molar refractivity (Wildman–Crippen MR) is 89.8 cm³/mol. The molecule has 0 aromatic heterocycles. The zero-order valence-electron chi connectivity index (χ0n) is 12.9. The third-order valence-electron chi connectivity index (χ3n) is 4.35. The number of halogens is 1. The van der Waals surface area contributed by atoms with E-state index in [-0.39, 0.29) is 12.6 Å². The Morgan fingerprint density at radius 2 is 2.04 bits per heavy atom. The summed E-state index contributed by atoms with van der Waals surface area (Å²) in [5, 5.41) is 24.6. The van der Waals surface area contributed by atoms with E-state index in [1.165, 1.54) is 0 Å². The quantitative estimate of drug-likeness (QED) is 0.804. The lowest BCUT2D eigenvalue weighted by Crippen LogP contribution is -2.48. The number of ether oxygens (including phenoxy) is 1. The third-order valence-corrected chi connectivity index (χ3v) is 4.58. The lowest BCUT2D eigenvalue weighted by Gasteiger charge is -2.36. The van der Waals surface area contributed by atoms with Crippen LogP contribution in [0.2, 0.25) is 5.02 Å². The summed E-state index contributed by atoms with van der Waals surface area (Å²) in [6, 6.07) is 12.6. The van der Waals surface area contributed by atoms with Crippen molar-refractivity contribution < 1.29 is 14.9 Å². The van der Waals surface area contributed by atoms with Crippen molar-refractivity contribution in [2.24, 2.45) is 0 Å². The summed E-state index contributed by atoms with van der Waals surface area (Å²) in [6.45, 7) is 2.65. The van der Waals surface area contributed by atoms with Gasteiger partial charge in [0.1, 0.15) is 18.0 Å². The zero-order valence-corrected chi connectivity index (χ0v) is 13.7. The third kappa shape index (κ3) is 2.83. The lowest BCUT2D eigenvalue weighted by molar-refractivity contribution is 0.0416. The van der Waals surface area contributed by atoms with Crippen LogP contribution in [0, 0.1) is 0 Å². The molecule has 23 heavy (non-hydrogen) atoms. The fourth-order valence-corrected chi connectivity index (χ4v) is 3.35. The second-order valence-corrected chi connectivity index (χ2v) is 6.19. The molecular formula is C18H20ClNO3. The second kappa shape index (κ2) is 6.49. The van der Waals surface area contributed by atoms with Crippen molar-refractivity contribution in [3.8, 4) is 5.75 Å². The van der Waals surface area contributed by atoms with E-state index < -0.39 is 5.60 Å². The molecule has 2 aromatic carbocycles. The Morgan fingerprint density at radius 3 is 2.83 bits per heavy atom. The number of para-hydroxylation sites is 1. The predicted octanol–water partition coefficient (Wildman–Crippen LogP) is 2.44. The molecule has 1 aliphatic rings. The average molecular weight is 334 g/mol. The Morgan fingerprint density at radius 1 is 1.26 bits per heavy atom. The molecule has 0 fully saturated rings. The highest BCUT2D eigenvalue weighted by molar-refractivity contribution is 6.30. The van der Waals surface area contributed by atoms with Gasteiger partial charge in [-0.15, -0.1) is 0 Å². The van der Waals surface area contributed by atoms with Gasteiger partial charge in [-0.25, -0.2) is 0 Å². The summed E-state index contributed by atoms with van der Waals surface area (Å²) in [4.78, 5) is 0. The van der Waals surface area contributed by atoms with Gasteiger partial charge in [0.15, 0.2) is 0 Å². The van der Waals surface area contributed by atoms with E-state index in [1.807, 2.05) is 43.3 Å². The van der Waals surface area contributed by atoms with E-state index in [0.717, 1.165) is 11.1 Å². The molecule has 0 aliphatic carbocycles. The van der Waals surface area contributed by atoms with Crippen LogP contribution in [0.15, 0.2) is 42.5 Å². The van der Waals surface area contributed by atoms with Gasteiger partial charge in [-0.1, -0.05) is 35.9 Å². The summed E-state index contributed by atoms with van der Waals surface area (Å²) in [7, 11) is 0. The molecule has 0 amide bonds. The molecule has 0 saturated heterocycles. The normalized spacial score (nSPS) is 20.9. The highest BCUT2D eigenvalue weighted by Gasteiger charge is 2.42. The van der Waals surface area contributed by atoms with Gasteiger partial charge in [0, 0.05) is 23.2 Å². The molecule has 0 bridgehead atoms. The summed E-state index contributed by atoms with van der Waals surface area (Å²) < 4.78 is 5.88. The lowest BCUT2D eigenvalue weighted by atomic mass is 9.79. The molecule has 3 N–H and O–H groups in total. The van der Waals surface area contributed by atoms with Crippen molar-refractivity contribution >= 4 is 11.6 Å². The minimum absolute atomic E-state index is 0.00599. The number of fused-ring (bicyclic) bond motifs is 2. The van der Waals surface area contributed by atoms with Gasteiger partial charge in [-0.3, -0.25) is 0 Å². The largest absolute Gasteiger partial charge is 0.488 e. The van der Waals surface area contributed by atoms with Crippen molar-refractivity contribution in [2.75, 3.05) is 13.2 Å². The smallest absolute Gasteiger partial charge is 0.133 e. The van der Waals surface area contributed by atoms with E-state index in [2.05, 4.69) is 5.32 Å². The first-order valence-electron chi connectivity index (χ1n) is 7.65. The van der Waals surface area contributed by atoms with Gasteiger partial charge in [-0.2, -0.15) is 0 Å². The van der Waals surface area contributed by atoms with Crippen molar-refractivity contribution in [3.05, 3.63) is 64.2 Å². The monoisotopic (exact) mass is 333 g/mol. The summed E-state index contributed by atoms with van der Waals surface area (Å²) in [6.07, 6.45) is 0. The number of aliphatic hydroxyl groups excluding tert-OH is 1. The van der Waals surface area contributed by atoms with E-state index in [0.29, 0.717) is 29.5 Å². The Labute approximate surface area is 140 Å². The standard InChI is InChI=1S/C18H20ClNO3/c1-12(20-8-9-21)18(22)15-7-6-14(19)10-13(15)11-23-17-5-3-2-4-16(17)18/h2-7,10,12,20-22H,8-9,11H2,1H3. The zero-order chi connectivity index (χ0) is 16.4. The van der Waals surface area contributed by atoms with Crippen molar-refractivity contribution in [1.29, 1.82) is 0 Å². The first kappa shape index (κ1) is 16.3. The van der Waals surface area contributed by atoms with Crippen LogP contribution >= 0.6 is 11.6 Å². The fraction of sp³-hybridized carbons (Fsp3) is 0.333.